The number of hydrogen-bond acceptors (Lipinski definition) is 0. The predicted molar refractivity (Wildman–Crippen MR) is 111 cm³/mol. The number of benzene rings is 3. The molecular weight excluding hydrogens is 368 g/mol. The molecule has 1 heteroatoms. The van der Waals surface area contributed by atoms with Crippen molar-refractivity contribution in [3.63, 3.8) is 0 Å². The van der Waals surface area contributed by atoms with E-state index < -0.39 is 0 Å². The highest BCUT2D eigenvalue weighted by atomic mass is 79.9. The predicted octanol–water partition coefficient (Wildman–Crippen LogP) is 5.31. The highest BCUT2D eigenvalue weighted by Crippen LogP contribution is 2.29. The minimum absolute atomic E-state index is 0.446. The zero-order chi connectivity index (χ0) is 16.8. The molecule has 25 heavy (non-hydrogen) atoms. The molecule has 5 rings (SSSR count). The van der Waals surface area contributed by atoms with Gasteiger partial charge in [-0.1, -0.05) is 76.6 Å². The van der Waals surface area contributed by atoms with Crippen molar-refractivity contribution in [2.24, 2.45) is 0 Å². The molecule has 0 N–H and O–H groups in total. The fourth-order valence-electron chi connectivity index (χ4n) is 4.23. The van der Waals surface area contributed by atoms with Crippen LogP contribution in [0.25, 0.3) is 29.0 Å². The Morgan fingerprint density at radius 2 is 1.88 bits per heavy atom. The van der Waals surface area contributed by atoms with Crippen LogP contribution in [0, 0.1) is 0 Å². The van der Waals surface area contributed by atoms with E-state index in [4.69, 9.17) is 0 Å². The van der Waals surface area contributed by atoms with E-state index in [1.165, 1.54) is 37.9 Å². The quantitative estimate of drug-likeness (QED) is 0.531. The van der Waals surface area contributed by atoms with E-state index in [2.05, 4.69) is 88.8 Å². The summed E-state index contributed by atoms with van der Waals surface area (Å²) in [4.78, 5) is 0. The number of rotatable bonds is 1. The number of hydrogen-bond donors (Lipinski definition) is 0. The SMILES string of the molecule is Brc1cccc(C2C=c3c(ccc4c5c(ccc34)CCC=C5)=CC2)c1. The lowest BCUT2D eigenvalue weighted by molar-refractivity contribution is 0.921. The van der Waals surface area contributed by atoms with E-state index in [0.717, 1.165) is 23.7 Å². The van der Waals surface area contributed by atoms with Crippen LogP contribution in [0.4, 0.5) is 0 Å². The Labute approximate surface area is 156 Å². The average molecular weight is 387 g/mol. The second-order valence-corrected chi connectivity index (χ2v) is 7.93. The smallest absolute Gasteiger partial charge is 0.0178 e. The third kappa shape index (κ3) is 2.58. The standard InChI is InChI=1S/C24H19Br/c25-20-6-3-5-18(14-20)19-9-8-17-11-12-22-21-7-2-1-4-16(21)10-13-23(22)24(17)15-19/h2-3,5-8,10-15,19H,1,4,9H2. The zero-order valence-corrected chi connectivity index (χ0v) is 15.6. The van der Waals surface area contributed by atoms with Gasteiger partial charge in [-0.25, -0.2) is 0 Å². The van der Waals surface area contributed by atoms with Crippen molar-refractivity contribution < 1.29 is 0 Å². The lowest BCUT2D eigenvalue weighted by atomic mass is 9.87. The number of aryl methyl sites for hydroxylation is 1. The molecular formula is C24H19Br. The molecule has 0 radical (unpaired) electrons. The van der Waals surface area contributed by atoms with Crippen molar-refractivity contribution >= 4 is 44.9 Å². The number of fused-ring (bicyclic) bond motifs is 5. The largest absolute Gasteiger partial charge is 0.0836 e. The highest BCUT2D eigenvalue weighted by molar-refractivity contribution is 9.10. The lowest BCUT2D eigenvalue weighted by Crippen LogP contribution is -2.29. The molecule has 0 aliphatic heterocycles. The Balaban J connectivity index is 1.75. The molecule has 1 atom stereocenters. The molecule has 0 spiro atoms. The summed E-state index contributed by atoms with van der Waals surface area (Å²) in [7, 11) is 0. The second-order valence-electron chi connectivity index (χ2n) is 7.01. The van der Waals surface area contributed by atoms with E-state index in [0.29, 0.717) is 5.92 Å². The minimum Gasteiger partial charge on any atom is -0.0836 e. The van der Waals surface area contributed by atoms with E-state index in [9.17, 15) is 0 Å². The molecule has 0 amide bonds. The summed E-state index contributed by atoms with van der Waals surface area (Å²) < 4.78 is 1.15. The zero-order valence-electron chi connectivity index (χ0n) is 14.0. The van der Waals surface area contributed by atoms with Gasteiger partial charge in [-0.05, 0) is 69.3 Å². The van der Waals surface area contributed by atoms with Crippen molar-refractivity contribution in [2.75, 3.05) is 0 Å². The maximum Gasteiger partial charge on any atom is 0.0178 e. The maximum absolute atomic E-state index is 3.61. The Morgan fingerprint density at radius 3 is 2.80 bits per heavy atom. The molecule has 0 nitrogen and oxygen atoms in total. The van der Waals surface area contributed by atoms with Gasteiger partial charge in [0.2, 0.25) is 0 Å². The van der Waals surface area contributed by atoms with Crippen LogP contribution in [-0.4, -0.2) is 0 Å². The summed E-state index contributed by atoms with van der Waals surface area (Å²) in [5.41, 5.74) is 4.29. The Hall–Kier alpha value is -2.12. The van der Waals surface area contributed by atoms with Gasteiger partial charge in [0.25, 0.3) is 0 Å². The van der Waals surface area contributed by atoms with Gasteiger partial charge in [-0.3, -0.25) is 0 Å². The van der Waals surface area contributed by atoms with Crippen molar-refractivity contribution in [1.82, 2.24) is 0 Å². The normalized spacial score (nSPS) is 18.2. The van der Waals surface area contributed by atoms with Crippen LogP contribution in [0.3, 0.4) is 0 Å². The van der Waals surface area contributed by atoms with Crippen LogP contribution < -0.4 is 10.4 Å². The van der Waals surface area contributed by atoms with Crippen molar-refractivity contribution in [3.8, 4) is 0 Å². The van der Waals surface area contributed by atoms with Crippen LogP contribution in [0.5, 0.6) is 0 Å². The highest BCUT2D eigenvalue weighted by Gasteiger charge is 2.14. The lowest BCUT2D eigenvalue weighted by Gasteiger charge is -2.18. The molecule has 0 saturated heterocycles. The van der Waals surface area contributed by atoms with E-state index >= 15 is 0 Å². The van der Waals surface area contributed by atoms with E-state index in [1.54, 1.807) is 0 Å². The minimum atomic E-state index is 0.446. The van der Waals surface area contributed by atoms with E-state index in [1.807, 2.05) is 0 Å². The first-order valence-electron chi connectivity index (χ1n) is 8.98. The summed E-state index contributed by atoms with van der Waals surface area (Å²) in [6.45, 7) is 0. The summed E-state index contributed by atoms with van der Waals surface area (Å²) >= 11 is 3.61. The van der Waals surface area contributed by atoms with Crippen molar-refractivity contribution in [3.05, 3.63) is 86.2 Å². The first-order valence-corrected chi connectivity index (χ1v) is 9.77. The van der Waals surface area contributed by atoms with Gasteiger partial charge < -0.3 is 0 Å². The number of allylic oxidation sites excluding steroid dienone is 1. The summed E-state index contributed by atoms with van der Waals surface area (Å²) in [5, 5.41) is 5.56. The van der Waals surface area contributed by atoms with Crippen LogP contribution in [0.2, 0.25) is 0 Å². The van der Waals surface area contributed by atoms with Crippen LogP contribution >= 0.6 is 15.9 Å². The van der Waals surface area contributed by atoms with Crippen LogP contribution in [0.15, 0.2) is 59.1 Å². The molecule has 0 heterocycles. The van der Waals surface area contributed by atoms with Gasteiger partial charge in [-0.15, -0.1) is 0 Å². The fraction of sp³-hybridized carbons (Fsp3) is 0.167. The van der Waals surface area contributed by atoms with Gasteiger partial charge in [0.15, 0.2) is 0 Å². The monoisotopic (exact) mass is 386 g/mol. The fourth-order valence-corrected chi connectivity index (χ4v) is 4.64. The van der Waals surface area contributed by atoms with Gasteiger partial charge in [-0.2, -0.15) is 0 Å². The molecule has 3 aromatic rings. The molecule has 0 aromatic heterocycles. The summed E-state index contributed by atoms with van der Waals surface area (Å²) in [6.07, 6.45) is 12.9. The Morgan fingerprint density at radius 1 is 0.960 bits per heavy atom. The Kier molecular flexibility index (Phi) is 3.64. The molecule has 0 saturated carbocycles. The van der Waals surface area contributed by atoms with Crippen molar-refractivity contribution in [2.45, 2.75) is 25.2 Å². The van der Waals surface area contributed by atoms with Crippen LogP contribution in [0.1, 0.15) is 35.4 Å². The average Bonchev–Trinajstić information content (AvgIpc) is 2.67. The summed E-state index contributed by atoms with van der Waals surface area (Å²) in [6, 6.07) is 18.0. The molecule has 3 aromatic carbocycles. The second kappa shape index (κ2) is 6.00. The van der Waals surface area contributed by atoms with E-state index in [-0.39, 0.29) is 0 Å². The first kappa shape index (κ1) is 15.2. The third-order valence-corrected chi connectivity index (χ3v) is 6.00. The van der Waals surface area contributed by atoms with Gasteiger partial charge in [0.05, 0.1) is 0 Å². The Bertz CT molecular complexity index is 1130. The molecule has 122 valence electrons. The molecule has 2 aliphatic carbocycles. The molecule has 1 unspecified atom stereocenters. The van der Waals surface area contributed by atoms with Gasteiger partial charge in [0, 0.05) is 10.4 Å². The van der Waals surface area contributed by atoms with Gasteiger partial charge >= 0.3 is 0 Å². The summed E-state index contributed by atoms with van der Waals surface area (Å²) in [5.74, 6) is 0.446. The third-order valence-electron chi connectivity index (χ3n) is 5.51. The topological polar surface area (TPSA) is 0 Å². The molecule has 0 fully saturated rings. The molecule has 0 bridgehead atoms. The first-order chi connectivity index (χ1) is 12.3. The maximum atomic E-state index is 3.61. The molecule has 2 aliphatic rings. The van der Waals surface area contributed by atoms with Crippen LogP contribution in [-0.2, 0) is 6.42 Å². The van der Waals surface area contributed by atoms with Crippen molar-refractivity contribution in [1.29, 1.82) is 0 Å². The number of halogens is 1. The van der Waals surface area contributed by atoms with Gasteiger partial charge in [0.1, 0.15) is 0 Å².